The molecule has 0 radical (unpaired) electrons. The van der Waals surface area contributed by atoms with Crippen molar-refractivity contribution < 1.29 is 14.3 Å². The lowest BCUT2D eigenvalue weighted by Crippen LogP contribution is -2.20. The number of fused-ring (bicyclic) bond motifs is 1. The Morgan fingerprint density at radius 3 is 2.67 bits per heavy atom. The average Bonchev–Trinajstić information content (AvgIpc) is 3.10. The molecule has 0 spiro atoms. The Morgan fingerprint density at radius 2 is 1.89 bits per heavy atom. The molecule has 6 heteroatoms. The van der Waals surface area contributed by atoms with E-state index in [-0.39, 0.29) is 5.91 Å². The van der Waals surface area contributed by atoms with Crippen LogP contribution in [0.4, 0.5) is 0 Å². The highest BCUT2D eigenvalue weighted by molar-refractivity contribution is 5.91. The molecule has 2 aromatic carbocycles. The molecule has 0 bridgehead atoms. The zero-order valence-corrected chi connectivity index (χ0v) is 15.5. The van der Waals surface area contributed by atoms with E-state index in [1.807, 2.05) is 56.3 Å². The number of carbonyl (C=O) groups is 1. The minimum absolute atomic E-state index is 0.192. The van der Waals surface area contributed by atoms with Crippen molar-refractivity contribution in [3.05, 3.63) is 59.9 Å². The molecule has 0 atom stereocenters. The van der Waals surface area contributed by atoms with E-state index in [1.54, 1.807) is 6.08 Å². The summed E-state index contributed by atoms with van der Waals surface area (Å²) in [5, 5.41) is 2.83. The van der Waals surface area contributed by atoms with Gasteiger partial charge in [0, 0.05) is 6.08 Å². The van der Waals surface area contributed by atoms with Gasteiger partial charge in [0.15, 0.2) is 11.5 Å². The lowest BCUT2D eigenvalue weighted by atomic mass is 10.2. The third kappa shape index (κ3) is 4.88. The SMILES string of the molecule is CCOc1ccc(C=CC(=O)NCc2nc3ccccc3[nH]2)cc1OCC. The number of hydrogen-bond donors (Lipinski definition) is 2. The molecule has 0 unspecified atom stereocenters. The van der Waals surface area contributed by atoms with Crippen LogP contribution in [0.1, 0.15) is 25.2 Å². The second-order valence-corrected chi connectivity index (χ2v) is 5.82. The van der Waals surface area contributed by atoms with Crippen LogP contribution in [-0.2, 0) is 11.3 Å². The molecule has 27 heavy (non-hydrogen) atoms. The molecule has 1 heterocycles. The lowest BCUT2D eigenvalue weighted by molar-refractivity contribution is -0.116. The molecule has 0 saturated heterocycles. The van der Waals surface area contributed by atoms with Gasteiger partial charge in [-0.15, -0.1) is 0 Å². The van der Waals surface area contributed by atoms with E-state index in [0.717, 1.165) is 22.4 Å². The highest BCUT2D eigenvalue weighted by atomic mass is 16.5. The van der Waals surface area contributed by atoms with Crippen LogP contribution in [-0.4, -0.2) is 29.1 Å². The van der Waals surface area contributed by atoms with Crippen LogP contribution in [0.2, 0.25) is 0 Å². The Morgan fingerprint density at radius 1 is 1.11 bits per heavy atom. The van der Waals surface area contributed by atoms with E-state index in [2.05, 4.69) is 15.3 Å². The molecule has 6 nitrogen and oxygen atoms in total. The summed E-state index contributed by atoms with van der Waals surface area (Å²) in [7, 11) is 0. The number of imidazole rings is 1. The predicted molar refractivity (Wildman–Crippen MR) is 106 cm³/mol. The maximum Gasteiger partial charge on any atom is 0.244 e. The van der Waals surface area contributed by atoms with Gasteiger partial charge in [0.1, 0.15) is 5.82 Å². The number of nitrogens with one attached hydrogen (secondary N) is 2. The summed E-state index contributed by atoms with van der Waals surface area (Å²) >= 11 is 0. The Kier molecular flexibility index (Phi) is 6.10. The van der Waals surface area contributed by atoms with Crippen molar-refractivity contribution in [1.82, 2.24) is 15.3 Å². The van der Waals surface area contributed by atoms with Gasteiger partial charge in [-0.2, -0.15) is 0 Å². The van der Waals surface area contributed by atoms with Gasteiger partial charge in [-0.1, -0.05) is 18.2 Å². The number of aromatic nitrogens is 2. The van der Waals surface area contributed by atoms with Gasteiger partial charge in [-0.05, 0) is 49.8 Å². The van der Waals surface area contributed by atoms with Crippen LogP contribution in [0.25, 0.3) is 17.1 Å². The van der Waals surface area contributed by atoms with E-state index in [9.17, 15) is 4.79 Å². The highest BCUT2D eigenvalue weighted by Crippen LogP contribution is 2.29. The molecule has 0 aliphatic heterocycles. The number of rotatable bonds is 8. The normalized spacial score (nSPS) is 11.0. The van der Waals surface area contributed by atoms with E-state index >= 15 is 0 Å². The predicted octanol–water partition coefficient (Wildman–Crippen LogP) is 3.69. The van der Waals surface area contributed by atoms with E-state index in [4.69, 9.17) is 9.47 Å². The first-order valence-corrected chi connectivity index (χ1v) is 8.98. The highest BCUT2D eigenvalue weighted by Gasteiger charge is 2.06. The third-order valence-electron chi connectivity index (χ3n) is 3.86. The van der Waals surface area contributed by atoms with Crippen molar-refractivity contribution in [2.75, 3.05) is 13.2 Å². The molecule has 140 valence electrons. The first-order valence-electron chi connectivity index (χ1n) is 8.98. The van der Waals surface area contributed by atoms with Crippen molar-refractivity contribution in [3.8, 4) is 11.5 Å². The summed E-state index contributed by atoms with van der Waals surface area (Å²) in [4.78, 5) is 19.7. The standard InChI is InChI=1S/C21H23N3O3/c1-3-26-18-11-9-15(13-19(18)27-4-2)10-12-21(25)22-14-20-23-16-7-5-6-8-17(16)24-20/h5-13H,3-4,14H2,1-2H3,(H,22,25)(H,23,24). The number of aromatic amines is 1. The molecule has 2 N–H and O–H groups in total. The number of amides is 1. The summed E-state index contributed by atoms with van der Waals surface area (Å²) < 4.78 is 11.1. The number of hydrogen-bond acceptors (Lipinski definition) is 4. The van der Waals surface area contributed by atoms with Gasteiger partial charge in [0.25, 0.3) is 0 Å². The van der Waals surface area contributed by atoms with E-state index in [0.29, 0.717) is 31.3 Å². The lowest BCUT2D eigenvalue weighted by Gasteiger charge is -2.11. The summed E-state index contributed by atoms with van der Waals surface area (Å²) in [5.41, 5.74) is 2.70. The molecule has 1 aromatic heterocycles. The summed E-state index contributed by atoms with van der Waals surface area (Å²) in [6.07, 6.45) is 3.24. The van der Waals surface area contributed by atoms with E-state index < -0.39 is 0 Å². The van der Waals surface area contributed by atoms with Gasteiger partial charge < -0.3 is 19.8 Å². The molecule has 0 fully saturated rings. The zero-order valence-electron chi connectivity index (χ0n) is 15.5. The van der Waals surface area contributed by atoms with Crippen molar-refractivity contribution >= 4 is 23.0 Å². The maximum atomic E-state index is 12.1. The Labute approximate surface area is 158 Å². The summed E-state index contributed by atoms with van der Waals surface area (Å²) in [5.74, 6) is 1.90. The largest absolute Gasteiger partial charge is 0.490 e. The van der Waals surface area contributed by atoms with Crippen molar-refractivity contribution in [2.45, 2.75) is 20.4 Å². The Hall–Kier alpha value is -3.28. The van der Waals surface area contributed by atoms with Crippen LogP contribution in [0.3, 0.4) is 0 Å². The minimum atomic E-state index is -0.192. The fraction of sp³-hybridized carbons (Fsp3) is 0.238. The number of nitrogens with zero attached hydrogens (tertiary/aromatic N) is 1. The first kappa shape index (κ1) is 18.5. The van der Waals surface area contributed by atoms with Crippen molar-refractivity contribution in [3.63, 3.8) is 0 Å². The second kappa shape index (κ2) is 8.89. The number of H-pyrrole nitrogens is 1. The number of carbonyl (C=O) groups excluding carboxylic acids is 1. The number of benzene rings is 2. The van der Waals surface area contributed by atoms with Gasteiger partial charge in [-0.25, -0.2) is 4.98 Å². The molecule has 0 aliphatic carbocycles. The van der Waals surface area contributed by atoms with Gasteiger partial charge in [-0.3, -0.25) is 4.79 Å². The fourth-order valence-corrected chi connectivity index (χ4v) is 2.66. The zero-order chi connectivity index (χ0) is 19.1. The quantitative estimate of drug-likeness (QED) is 0.597. The maximum absolute atomic E-state index is 12.1. The van der Waals surface area contributed by atoms with Crippen LogP contribution < -0.4 is 14.8 Å². The smallest absolute Gasteiger partial charge is 0.244 e. The molecule has 1 amide bonds. The summed E-state index contributed by atoms with van der Waals surface area (Å²) in [6, 6.07) is 13.4. The molecular formula is C21H23N3O3. The molecule has 3 rings (SSSR count). The van der Waals surface area contributed by atoms with Crippen LogP contribution in [0.5, 0.6) is 11.5 Å². The Balaban J connectivity index is 1.61. The summed E-state index contributed by atoms with van der Waals surface area (Å²) in [6.45, 7) is 5.30. The molecule has 0 saturated carbocycles. The fourth-order valence-electron chi connectivity index (χ4n) is 2.66. The van der Waals surface area contributed by atoms with Crippen LogP contribution >= 0.6 is 0 Å². The van der Waals surface area contributed by atoms with Crippen LogP contribution in [0.15, 0.2) is 48.5 Å². The molecule has 0 aliphatic rings. The first-order chi connectivity index (χ1) is 13.2. The van der Waals surface area contributed by atoms with Gasteiger partial charge in [0.2, 0.25) is 5.91 Å². The number of ether oxygens (including phenoxy) is 2. The average molecular weight is 365 g/mol. The van der Waals surface area contributed by atoms with Gasteiger partial charge in [0.05, 0.1) is 30.8 Å². The van der Waals surface area contributed by atoms with Gasteiger partial charge >= 0.3 is 0 Å². The molecular weight excluding hydrogens is 342 g/mol. The van der Waals surface area contributed by atoms with Crippen LogP contribution in [0, 0.1) is 0 Å². The topological polar surface area (TPSA) is 76.2 Å². The van der Waals surface area contributed by atoms with Crippen molar-refractivity contribution in [2.24, 2.45) is 0 Å². The molecule has 3 aromatic rings. The van der Waals surface area contributed by atoms with Crippen molar-refractivity contribution in [1.29, 1.82) is 0 Å². The minimum Gasteiger partial charge on any atom is -0.490 e. The monoisotopic (exact) mass is 365 g/mol. The number of para-hydroxylation sites is 2. The Bertz CT molecular complexity index is 914. The van der Waals surface area contributed by atoms with E-state index in [1.165, 1.54) is 6.08 Å². The second-order valence-electron chi connectivity index (χ2n) is 5.82. The third-order valence-corrected chi connectivity index (χ3v) is 3.86.